The van der Waals surface area contributed by atoms with E-state index in [-0.39, 0.29) is 0 Å². The fourth-order valence-electron chi connectivity index (χ4n) is 1.07. The first-order valence-electron chi connectivity index (χ1n) is 3.19. The van der Waals surface area contributed by atoms with E-state index < -0.39 is 6.17 Å². The van der Waals surface area contributed by atoms with Crippen molar-refractivity contribution in [3.63, 3.8) is 0 Å². The van der Waals surface area contributed by atoms with E-state index in [1.165, 1.54) is 0 Å². The van der Waals surface area contributed by atoms with E-state index in [0.717, 1.165) is 19.5 Å². The van der Waals surface area contributed by atoms with Gasteiger partial charge in [0.05, 0.1) is 0 Å². The zero-order valence-electron chi connectivity index (χ0n) is 5.23. The Morgan fingerprint density at radius 1 is 1.75 bits per heavy atom. The Bertz CT molecular complexity index is 74.9. The maximum absolute atomic E-state index is 12.3. The van der Waals surface area contributed by atoms with Crippen molar-refractivity contribution in [2.24, 2.45) is 0 Å². The van der Waals surface area contributed by atoms with Crippen molar-refractivity contribution in [1.82, 2.24) is 4.90 Å². The highest BCUT2D eigenvalue weighted by Gasteiger charge is 2.19. The smallest absolute Gasteiger partial charge is 0.114 e. The number of alkyl halides is 1. The molecule has 1 fully saturated rings. The van der Waals surface area contributed by atoms with Gasteiger partial charge >= 0.3 is 0 Å². The van der Waals surface area contributed by atoms with E-state index in [4.69, 9.17) is 0 Å². The summed E-state index contributed by atoms with van der Waals surface area (Å²) in [5.41, 5.74) is 0. The van der Waals surface area contributed by atoms with Crippen molar-refractivity contribution in [2.75, 3.05) is 19.6 Å². The largest absolute Gasteiger partial charge is 0.301 e. The molecule has 0 aromatic rings. The number of hydrogen-bond donors (Lipinski definition) is 0. The van der Waals surface area contributed by atoms with E-state index in [1.54, 1.807) is 0 Å². The molecule has 48 valence electrons. The van der Waals surface area contributed by atoms with Gasteiger partial charge in [-0.2, -0.15) is 0 Å². The van der Waals surface area contributed by atoms with Gasteiger partial charge in [0.15, 0.2) is 0 Å². The van der Waals surface area contributed by atoms with E-state index in [9.17, 15) is 4.39 Å². The summed E-state index contributed by atoms with van der Waals surface area (Å²) >= 11 is 0. The predicted octanol–water partition coefficient (Wildman–Crippen LogP) is 1.05. The molecule has 0 bridgehead atoms. The van der Waals surface area contributed by atoms with E-state index in [0.29, 0.717) is 6.54 Å². The number of hydrogen-bond acceptors (Lipinski definition) is 1. The Morgan fingerprint density at radius 3 is 2.75 bits per heavy atom. The first kappa shape index (κ1) is 6.02. The van der Waals surface area contributed by atoms with Crippen LogP contribution in [0.4, 0.5) is 4.39 Å². The molecule has 1 aliphatic rings. The molecule has 0 unspecified atom stereocenters. The minimum atomic E-state index is -0.546. The van der Waals surface area contributed by atoms with Crippen LogP contribution >= 0.6 is 0 Å². The van der Waals surface area contributed by atoms with Gasteiger partial charge in [-0.25, -0.2) is 4.39 Å². The van der Waals surface area contributed by atoms with Crippen molar-refractivity contribution in [3.8, 4) is 0 Å². The lowest BCUT2D eigenvalue weighted by atomic mass is 10.3. The lowest BCUT2D eigenvalue weighted by molar-refractivity contribution is 0.298. The predicted molar refractivity (Wildman–Crippen MR) is 31.6 cm³/mol. The SMILES string of the molecule is CCN1CC[C@@H](F)C1. The molecule has 0 N–H and O–H groups in total. The van der Waals surface area contributed by atoms with Gasteiger partial charge in [-0.15, -0.1) is 0 Å². The summed E-state index contributed by atoms with van der Waals surface area (Å²) in [6.45, 7) is 4.69. The first-order valence-corrected chi connectivity index (χ1v) is 3.19. The maximum atomic E-state index is 12.3. The van der Waals surface area contributed by atoms with Crippen molar-refractivity contribution in [1.29, 1.82) is 0 Å². The molecular weight excluding hydrogens is 105 g/mol. The Kier molecular flexibility index (Phi) is 1.84. The van der Waals surface area contributed by atoms with Crippen molar-refractivity contribution in [2.45, 2.75) is 19.5 Å². The summed E-state index contributed by atoms with van der Waals surface area (Å²) < 4.78 is 12.3. The second-order valence-electron chi connectivity index (χ2n) is 2.28. The molecule has 1 saturated heterocycles. The fourth-order valence-corrected chi connectivity index (χ4v) is 1.07. The van der Waals surface area contributed by atoms with Gasteiger partial charge in [-0.1, -0.05) is 6.92 Å². The summed E-state index contributed by atoms with van der Waals surface area (Å²) in [7, 11) is 0. The van der Waals surface area contributed by atoms with Gasteiger partial charge in [0, 0.05) is 13.1 Å². The van der Waals surface area contributed by atoms with Gasteiger partial charge in [0.1, 0.15) is 6.17 Å². The fraction of sp³-hybridized carbons (Fsp3) is 1.00. The van der Waals surface area contributed by atoms with Gasteiger partial charge in [0.25, 0.3) is 0 Å². The van der Waals surface area contributed by atoms with Crippen LogP contribution in [0.1, 0.15) is 13.3 Å². The van der Waals surface area contributed by atoms with Crippen LogP contribution in [0, 0.1) is 0 Å². The third-order valence-corrected chi connectivity index (χ3v) is 1.66. The molecule has 0 aromatic heterocycles. The molecule has 1 nitrogen and oxygen atoms in total. The molecule has 0 aliphatic carbocycles. The van der Waals surface area contributed by atoms with Crippen LogP contribution in [-0.2, 0) is 0 Å². The molecule has 0 aromatic carbocycles. The molecule has 8 heavy (non-hydrogen) atoms. The summed E-state index contributed by atoms with van der Waals surface area (Å²) in [6.07, 6.45) is 0.198. The second kappa shape index (κ2) is 2.44. The summed E-state index contributed by atoms with van der Waals surface area (Å²) in [4.78, 5) is 2.13. The number of likely N-dealkylation sites (tertiary alicyclic amines) is 1. The third kappa shape index (κ3) is 1.19. The van der Waals surface area contributed by atoms with Gasteiger partial charge < -0.3 is 4.90 Å². The van der Waals surface area contributed by atoms with Crippen LogP contribution in [0.3, 0.4) is 0 Å². The Morgan fingerprint density at radius 2 is 2.50 bits per heavy atom. The van der Waals surface area contributed by atoms with Gasteiger partial charge in [-0.05, 0) is 13.0 Å². The normalized spacial score (nSPS) is 31.5. The zero-order valence-corrected chi connectivity index (χ0v) is 5.23. The number of nitrogens with zero attached hydrogens (tertiary/aromatic N) is 1. The Labute approximate surface area is 49.5 Å². The quantitative estimate of drug-likeness (QED) is 0.496. The lowest BCUT2D eigenvalue weighted by Crippen LogP contribution is -2.19. The lowest BCUT2D eigenvalue weighted by Gasteiger charge is -2.08. The average Bonchev–Trinajstić information content (AvgIpc) is 2.14. The minimum absolute atomic E-state index is 0.546. The van der Waals surface area contributed by atoms with Crippen LogP contribution in [-0.4, -0.2) is 30.7 Å². The standard InChI is InChI=1S/C6H12FN/c1-2-8-4-3-6(7)5-8/h6H,2-5H2,1H3/t6-/m1/s1. The second-order valence-corrected chi connectivity index (χ2v) is 2.28. The van der Waals surface area contributed by atoms with Crippen molar-refractivity contribution < 1.29 is 4.39 Å². The van der Waals surface area contributed by atoms with Crippen LogP contribution in [0.15, 0.2) is 0 Å². The first-order chi connectivity index (χ1) is 3.83. The molecule has 1 heterocycles. The molecule has 0 amide bonds. The molecule has 1 aliphatic heterocycles. The molecule has 0 spiro atoms. The van der Waals surface area contributed by atoms with E-state index in [2.05, 4.69) is 11.8 Å². The molecular formula is C6H12FN. The van der Waals surface area contributed by atoms with Crippen molar-refractivity contribution in [3.05, 3.63) is 0 Å². The summed E-state index contributed by atoms with van der Waals surface area (Å²) in [5, 5.41) is 0. The number of halogens is 1. The van der Waals surface area contributed by atoms with Gasteiger partial charge in [-0.3, -0.25) is 0 Å². The van der Waals surface area contributed by atoms with Crippen LogP contribution in [0.2, 0.25) is 0 Å². The zero-order chi connectivity index (χ0) is 5.98. The van der Waals surface area contributed by atoms with Crippen LogP contribution < -0.4 is 0 Å². The molecule has 1 rings (SSSR count). The summed E-state index contributed by atoms with van der Waals surface area (Å²) in [6, 6.07) is 0. The number of rotatable bonds is 1. The highest BCUT2D eigenvalue weighted by molar-refractivity contribution is 4.72. The van der Waals surface area contributed by atoms with Gasteiger partial charge in [0.2, 0.25) is 0 Å². The highest BCUT2D eigenvalue weighted by atomic mass is 19.1. The van der Waals surface area contributed by atoms with E-state index >= 15 is 0 Å². The Balaban J connectivity index is 2.22. The molecule has 0 radical (unpaired) electrons. The molecule has 2 heteroatoms. The third-order valence-electron chi connectivity index (χ3n) is 1.66. The van der Waals surface area contributed by atoms with Crippen molar-refractivity contribution >= 4 is 0 Å². The highest BCUT2D eigenvalue weighted by Crippen LogP contribution is 2.10. The average molecular weight is 117 g/mol. The summed E-state index contributed by atoms with van der Waals surface area (Å²) in [5.74, 6) is 0. The topological polar surface area (TPSA) is 3.24 Å². The van der Waals surface area contributed by atoms with Crippen LogP contribution in [0.25, 0.3) is 0 Å². The molecule has 1 atom stereocenters. The monoisotopic (exact) mass is 117 g/mol. The maximum Gasteiger partial charge on any atom is 0.114 e. The Hall–Kier alpha value is -0.110. The molecule has 0 saturated carbocycles. The van der Waals surface area contributed by atoms with E-state index in [1.807, 2.05) is 0 Å². The van der Waals surface area contributed by atoms with Crippen LogP contribution in [0.5, 0.6) is 0 Å². The minimum Gasteiger partial charge on any atom is -0.301 e.